The first kappa shape index (κ1) is 21.4. The Bertz CT molecular complexity index is 784. The van der Waals surface area contributed by atoms with Crippen molar-refractivity contribution in [3.8, 4) is 23.0 Å². The van der Waals surface area contributed by atoms with Crippen LogP contribution in [0.2, 0.25) is 0 Å². The molecule has 1 N–H and O–H groups in total. The lowest BCUT2D eigenvalue weighted by molar-refractivity contribution is -0.122. The zero-order valence-corrected chi connectivity index (χ0v) is 17.6. The number of hydrogen-bond acceptors (Lipinski definition) is 5. The fourth-order valence-electron chi connectivity index (χ4n) is 2.69. The van der Waals surface area contributed by atoms with Gasteiger partial charge >= 0.3 is 0 Å². The van der Waals surface area contributed by atoms with Crippen LogP contribution in [0, 0.1) is 0 Å². The van der Waals surface area contributed by atoms with Gasteiger partial charge < -0.3 is 24.3 Å². The van der Waals surface area contributed by atoms with E-state index in [4.69, 9.17) is 18.9 Å². The molecule has 0 aromatic heterocycles. The highest BCUT2D eigenvalue weighted by molar-refractivity contribution is 5.94. The predicted octanol–water partition coefficient (Wildman–Crippen LogP) is 4.42. The first-order chi connectivity index (χ1) is 13.2. The molecule has 0 aliphatic rings. The number of carbonyl (C=O) groups is 1. The van der Waals surface area contributed by atoms with Crippen LogP contribution in [0.25, 0.3) is 0 Å². The normalized spacial score (nSPS) is 12.1. The van der Waals surface area contributed by atoms with E-state index >= 15 is 0 Å². The maximum absolute atomic E-state index is 12.5. The highest BCUT2D eigenvalue weighted by atomic mass is 16.5. The third-order valence-electron chi connectivity index (χ3n) is 4.33. The molecular formula is C22H29NO5. The molecule has 0 bridgehead atoms. The summed E-state index contributed by atoms with van der Waals surface area (Å²) in [7, 11) is 4.57. The largest absolute Gasteiger partial charge is 0.493 e. The standard InChI is InChI=1S/C22H29NO5/c1-14(28-17-10-8-15(9-11-17)22(2,3)4)21(24)23-16-12-18(25-5)20(27-7)19(13-16)26-6/h8-14H,1-7H3,(H,23,24). The summed E-state index contributed by atoms with van der Waals surface area (Å²) in [4.78, 5) is 12.5. The summed E-state index contributed by atoms with van der Waals surface area (Å²) >= 11 is 0. The van der Waals surface area contributed by atoms with Crippen LogP contribution in [-0.4, -0.2) is 33.3 Å². The Balaban J connectivity index is 2.10. The molecule has 2 aromatic carbocycles. The Morgan fingerprint density at radius 2 is 1.46 bits per heavy atom. The van der Waals surface area contributed by atoms with Gasteiger partial charge in [0, 0.05) is 17.8 Å². The van der Waals surface area contributed by atoms with Gasteiger partial charge in [0.1, 0.15) is 5.75 Å². The Morgan fingerprint density at radius 1 is 0.929 bits per heavy atom. The van der Waals surface area contributed by atoms with Gasteiger partial charge in [0.15, 0.2) is 17.6 Å². The van der Waals surface area contributed by atoms with Gasteiger partial charge in [0.2, 0.25) is 5.75 Å². The minimum atomic E-state index is -0.681. The smallest absolute Gasteiger partial charge is 0.265 e. The Kier molecular flexibility index (Phi) is 6.78. The van der Waals surface area contributed by atoms with E-state index in [1.54, 1.807) is 19.1 Å². The van der Waals surface area contributed by atoms with Crippen molar-refractivity contribution in [3.63, 3.8) is 0 Å². The van der Waals surface area contributed by atoms with Crippen molar-refractivity contribution in [3.05, 3.63) is 42.0 Å². The Morgan fingerprint density at radius 3 is 1.89 bits per heavy atom. The van der Waals surface area contributed by atoms with Crippen molar-refractivity contribution in [2.24, 2.45) is 0 Å². The number of methoxy groups -OCH3 is 3. The highest BCUT2D eigenvalue weighted by Crippen LogP contribution is 2.40. The molecule has 0 radical (unpaired) electrons. The average Bonchev–Trinajstić information content (AvgIpc) is 2.66. The fourth-order valence-corrected chi connectivity index (χ4v) is 2.69. The summed E-state index contributed by atoms with van der Waals surface area (Å²) < 4.78 is 21.7. The molecule has 2 rings (SSSR count). The van der Waals surface area contributed by atoms with Gasteiger partial charge in [0.25, 0.3) is 5.91 Å². The molecule has 1 amide bonds. The molecule has 1 unspecified atom stereocenters. The molecule has 0 aliphatic carbocycles. The number of hydrogen-bond donors (Lipinski definition) is 1. The van der Waals surface area contributed by atoms with E-state index in [0.717, 1.165) is 0 Å². The van der Waals surface area contributed by atoms with E-state index in [0.29, 0.717) is 28.7 Å². The van der Waals surface area contributed by atoms with E-state index in [1.807, 2.05) is 24.3 Å². The molecule has 1 atom stereocenters. The lowest BCUT2D eigenvalue weighted by atomic mass is 9.87. The van der Waals surface area contributed by atoms with Gasteiger partial charge in [-0.2, -0.15) is 0 Å². The van der Waals surface area contributed by atoms with Crippen molar-refractivity contribution in [2.45, 2.75) is 39.2 Å². The number of amides is 1. The number of carbonyl (C=O) groups excluding carboxylic acids is 1. The van der Waals surface area contributed by atoms with Crippen molar-refractivity contribution in [1.82, 2.24) is 0 Å². The number of rotatable bonds is 7. The first-order valence-corrected chi connectivity index (χ1v) is 9.07. The van der Waals surface area contributed by atoms with Crippen LogP contribution in [0.1, 0.15) is 33.3 Å². The maximum atomic E-state index is 12.5. The van der Waals surface area contributed by atoms with Crippen LogP contribution >= 0.6 is 0 Å². The molecule has 6 nitrogen and oxygen atoms in total. The van der Waals surface area contributed by atoms with Crippen LogP contribution in [0.15, 0.2) is 36.4 Å². The number of ether oxygens (including phenoxy) is 4. The van der Waals surface area contributed by atoms with Crippen LogP contribution in [0.4, 0.5) is 5.69 Å². The van der Waals surface area contributed by atoms with Gasteiger partial charge in [-0.25, -0.2) is 0 Å². The van der Waals surface area contributed by atoms with Crippen molar-refractivity contribution in [2.75, 3.05) is 26.6 Å². The molecular weight excluding hydrogens is 358 g/mol. The van der Waals surface area contributed by atoms with Gasteiger partial charge in [-0.1, -0.05) is 32.9 Å². The fraction of sp³-hybridized carbons (Fsp3) is 0.409. The molecule has 0 saturated carbocycles. The van der Waals surface area contributed by atoms with E-state index < -0.39 is 6.10 Å². The first-order valence-electron chi connectivity index (χ1n) is 9.07. The van der Waals surface area contributed by atoms with Crippen LogP contribution in [0.3, 0.4) is 0 Å². The zero-order valence-electron chi connectivity index (χ0n) is 17.6. The van der Waals surface area contributed by atoms with Crippen LogP contribution in [0.5, 0.6) is 23.0 Å². The van der Waals surface area contributed by atoms with Crippen molar-refractivity contribution in [1.29, 1.82) is 0 Å². The third-order valence-corrected chi connectivity index (χ3v) is 4.33. The van der Waals surface area contributed by atoms with E-state index in [9.17, 15) is 4.79 Å². The zero-order chi connectivity index (χ0) is 20.9. The summed E-state index contributed by atoms with van der Waals surface area (Å²) in [6.45, 7) is 8.15. The number of benzene rings is 2. The molecule has 0 aliphatic heterocycles. The quantitative estimate of drug-likeness (QED) is 0.762. The maximum Gasteiger partial charge on any atom is 0.265 e. The molecule has 0 spiro atoms. The van der Waals surface area contributed by atoms with E-state index in [1.165, 1.54) is 26.9 Å². The second-order valence-electron chi connectivity index (χ2n) is 7.44. The summed E-state index contributed by atoms with van der Waals surface area (Å²) in [5.74, 6) is 1.74. The van der Waals surface area contributed by atoms with Gasteiger partial charge in [-0.15, -0.1) is 0 Å². The molecule has 0 saturated heterocycles. The van der Waals surface area contributed by atoms with Crippen molar-refractivity contribution < 1.29 is 23.7 Å². The molecule has 0 fully saturated rings. The molecule has 152 valence electrons. The number of anilines is 1. The minimum absolute atomic E-state index is 0.0635. The highest BCUT2D eigenvalue weighted by Gasteiger charge is 2.19. The van der Waals surface area contributed by atoms with Gasteiger partial charge in [-0.3, -0.25) is 4.79 Å². The second kappa shape index (κ2) is 8.87. The summed E-state index contributed by atoms with van der Waals surface area (Å²) in [5.41, 5.74) is 1.79. The second-order valence-corrected chi connectivity index (χ2v) is 7.44. The van der Waals surface area contributed by atoms with Gasteiger partial charge in [0.05, 0.1) is 21.3 Å². The molecule has 28 heavy (non-hydrogen) atoms. The average molecular weight is 387 g/mol. The Labute approximate surface area is 166 Å². The summed E-state index contributed by atoms with van der Waals surface area (Å²) in [6.07, 6.45) is -0.681. The summed E-state index contributed by atoms with van der Waals surface area (Å²) in [5, 5.41) is 2.82. The van der Waals surface area contributed by atoms with Crippen molar-refractivity contribution >= 4 is 11.6 Å². The van der Waals surface area contributed by atoms with E-state index in [2.05, 4.69) is 26.1 Å². The third kappa shape index (κ3) is 5.09. The molecule has 6 heteroatoms. The van der Waals surface area contributed by atoms with Crippen LogP contribution in [-0.2, 0) is 10.2 Å². The Hall–Kier alpha value is -2.89. The lowest BCUT2D eigenvalue weighted by Crippen LogP contribution is -2.30. The lowest BCUT2D eigenvalue weighted by Gasteiger charge is -2.20. The number of nitrogens with one attached hydrogen (secondary N) is 1. The monoisotopic (exact) mass is 387 g/mol. The summed E-state index contributed by atoms with van der Waals surface area (Å²) in [6, 6.07) is 11.1. The molecule has 2 aromatic rings. The van der Waals surface area contributed by atoms with Gasteiger partial charge in [-0.05, 0) is 30.0 Å². The van der Waals surface area contributed by atoms with E-state index in [-0.39, 0.29) is 11.3 Å². The predicted molar refractivity (Wildman–Crippen MR) is 110 cm³/mol. The minimum Gasteiger partial charge on any atom is -0.493 e. The topological polar surface area (TPSA) is 66.0 Å². The SMILES string of the molecule is COc1cc(NC(=O)C(C)Oc2ccc(C(C)(C)C)cc2)cc(OC)c1OC. The molecule has 0 heterocycles. The van der Waals surface area contributed by atoms with Crippen LogP contribution < -0.4 is 24.3 Å².